The highest BCUT2D eigenvalue weighted by Crippen LogP contribution is 2.26. The maximum atomic E-state index is 13.2. The first-order valence-electron chi connectivity index (χ1n) is 9.14. The van der Waals surface area contributed by atoms with Crippen molar-refractivity contribution in [3.8, 4) is 0 Å². The molecule has 0 saturated carbocycles. The Labute approximate surface area is 163 Å². The Balaban J connectivity index is 1.49. The third kappa shape index (κ3) is 3.82. The minimum absolute atomic E-state index is 0.0490. The van der Waals surface area contributed by atoms with Crippen LogP contribution in [0, 0.1) is 0 Å². The summed E-state index contributed by atoms with van der Waals surface area (Å²) in [4.78, 5) is 21.8. The minimum Gasteiger partial charge on any atom is -0.337 e. The first kappa shape index (κ1) is 17.9. The van der Waals surface area contributed by atoms with Crippen molar-refractivity contribution < 1.29 is 4.79 Å². The predicted octanol–water partition coefficient (Wildman–Crippen LogP) is 2.97. The molecule has 4 rings (SSSR count). The summed E-state index contributed by atoms with van der Waals surface area (Å²) in [6, 6.07) is 7.32. The maximum Gasteiger partial charge on any atom is 0.254 e. The number of carbonyl (C=O) groups excluding carboxylic acids is 1. The molecule has 0 N–H and O–H groups in total. The summed E-state index contributed by atoms with van der Waals surface area (Å²) in [5, 5.41) is 5.61. The zero-order valence-corrected chi connectivity index (χ0v) is 16.1. The van der Waals surface area contributed by atoms with Crippen molar-refractivity contribution in [3.05, 3.63) is 59.0 Å². The van der Waals surface area contributed by atoms with Gasteiger partial charge in [-0.25, -0.2) is 0 Å². The van der Waals surface area contributed by atoms with Crippen molar-refractivity contribution in [3.63, 3.8) is 0 Å². The number of nitrogens with zero attached hydrogens (tertiary/aromatic N) is 5. The Morgan fingerprint density at radius 2 is 2.07 bits per heavy atom. The van der Waals surface area contributed by atoms with E-state index in [0.29, 0.717) is 22.6 Å². The largest absolute Gasteiger partial charge is 0.337 e. The van der Waals surface area contributed by atoms with Crippen LogP contribution in [0.5, 0.6) is 0 Å². The molecule has 0 unspecified atom stereocenters. The number of aryl methyl sites for hydroxylation is 1. The molecule has 1 aliphatic heterocycles. The van der Waals surface area contributed by atoms with E-state index in [2.05, 4.69) is 15.0 Å². The summed E-state index contributed by atoms with van der Waals surface area (Å²) in [6.45, 7) is 4.16. The van der Waals surface area contributed by atoms with Crippen molar-refractivity contribution >= 4 is 28.4 Å². The van der Waals surface area contributed by atoms with Gasteiger partial charge in [-0.15, -0.1) is 0 Å². The number of hydrogen-bond donors (Lipinski definition) is 0. The number of rotatable bonds is 3. The van der Waals surface area contributed by atoms with Gasteiger partial charge in [-0.2, -0.15) is 5.10 Å². The summed E-state index contributed by atoms with van der Waals surface area (Å²) in [7, 11) is 1.93. The number of hydrogen-bond acceptors (Lipinski definition) is 4. The van der Waals surface area contributed by atoms with E-state index in [9.17, 15) is 4.79 Å². The lowest BCUT2D eigenvalue weighted by Crippen LogP contribution is -2.35. The van der Waals surface area contributed by atoms with Gasteiger partial charge >= 0.3 is 0 Å². The van der Waals surface area contributed by atoms with Crippen molar-refractivity contribution in [2.75, 3.05) is 26.2 Å². The summed E-state index contributed by atoms with van der Waals surface area (Å²) in [5.41, 5.74) is 2.55. The number of amides is 1. The number of pyridine rings is 1. The molecule has 0 atom stereocenters. The fourth-order valence-corrected chi connectivity index (χ4v) is 3.85. The lowest BCUT2D eigenvalue weighted by atomic mass is 10.1. The second kappa shape index (κ2) is 7.66. The van der Waals surface area contributed by atoms with E-state index in [1.807, 2.05) is 47.2 Å². The average molecular weight is 384 g/mol. The summed E-state index contributed by atoms with van der Waals surface area (Å²) in [5.74, 6) is 0.0490. The Morgan fingerprint density at radius 1 is 1.19 bits per heavy atom. The second-order valence-corrected chi connectivity index (χ2v) is 7.35. The first-order chi connectivity index (χ1) is 13.1. The molecule has 3 aromatic rings. The molecule has 140 valence electrons. The van der Waals surface area contributed by atoms with Crippen LogP contribution in [-0.2, 0) is 13.6 Å². The van der Waals surface area contributed by atoms with Gasteiger partial charge in [0.2, 0.25) is 0 Å². The topological polar surface area (TPSA) is 54.3 Å². The van der Waals surface area contributed by atoms with Crippen LogP contribution < -0.4 is 0 Å². The molecule has 1 aromatic carbocycles. The third-order valence-corrected chi connectivity index (χ3v) is 5.30. The molecule has 1 saturated heterocycles. The normalized spacial score (nSPS) is 15.9. The predicted molar refractivity (Wildman–Crippen MR) is 106 cm³/mol. The highest BCUT2D eigenvalue weighted by atomic mass is 35.5. The van der Waals surface area contributed by atoms with Gasteiger partial charge in [-0.3, -0.25) is 19.4 Å². The third-order valence-electron chi connectivity index (χ3n) is 4.99. The quantitative estimate of drug-likeness (QED) is 0.697. The lowest BCUT2D eigenvalue weighted by molar-refractivity contribution is 0.0763. The molecule has 1 fully saturated rings. The van der Waals surface area contributed by atoms with Gasteiger partial charge in [0.1, 0.15) is 0 Å². The summed E-state index contributed by atoms with van der Waals surface area (Å²) < 4.78 is 1.82. The van der Waals surface area contributed by atoms with Crippen molar-refractivity contribution in [2.45, 2.75) is 13.0 Å². The highest BCUT2D eigenvalue weighted by Gasteiger charge is 2.22. The fraction of sp³-hybridized carbons (Fsp3) is 0.350. The molecule has 27 heavy (non-hydrogen) atoms. The number of aromatic nitrogens is 3. The number of halogens is 1. The monoisotopic (exact) mass is 383 g/mol. The van der Waals surface area contributed by atoms with E-state index in [-0.39, 0.29) is 5.91 Å². The van der Waals surface area contributed by atoms with Crippen LogP contribution in [-0.4, -0.2) is 56.7 Å². The van der Waals surface area contributed by atoms with Crippen LogP contribution in [0.1, 0.15) is 22.3 Å². The average Bonchev–Trinajstić information content (AvgIpc) is 2.94. The van der Waals surface area contributed by atoms with Crippen molar-refractivity contribution in [1.82, 2.24) is 24.6 Å². The molecule has 0 bridgehead atoms. The number of benzene rings is 1. The van der Waals surface area contributed by atoms with Crippen LogP contribution in [0.15, 0.2) is 42.9 Å². The molecular weight excluding hydrogens is 362 g/mol. The van der Waals surface area contributed by atoms with Crippen LogP contribution in [0.4, 0.5) is 0 Å². The molecule has 7 heteroatoms. The van der Waals surface area contributed by atoms with E-state index in [1.165, 1.54) is 5.56 Å². The van der Waals surface area contributed by atoms with Crippen LogP contribution in [0.25, 0.3) is 10.9 Å². The van der Waals surface area contributed by atoms with E-state index in [1.54, 1.807) is 12.3 Å². The molecule has 6 nitrogen and oxygen atoms in total. The Kier molecular flexibility index (Phi) is 5.09. The molecule has 2 aromatic heterocycles. The van der Waals surface area contributed by atoms with E-state index in [4.69, 9.17) is 11.6 Å². The SMILES string of the molecule is Cn1cc(CN2CCCN(C(=O)c3ccc(Cl)c4ncccc34)CC2)cn1. The zero-order valence-electron chi connectivity index (χ0n) is 15.3. The Bertz CT molecular complexity index is 970. The van der Waals surface area contributed by atoms with Crippen molar-refractivity contribution in [1.29, 1.82) is 0 Å². The fourth-order valence-electron chi connectivity index (χ4n) is 3.64. The molecule has 3 heterocycles. The van der Waals surface area contributed by atoms with Gasteiger partial charge in [0, 0.05) is 68.7 Å². The van der Waals surface area contributed by atoms with Crippen LogP contribution in [0.2, 0.25) is 5.02 Å². The second-order valence-electron chi connectivity index (χ2n) is 6.94. The van der Waals surface area contributed by atoms with Crippen molar-refractivity contribution in [2.24, 2.45) is 7.05 Å². The van der Waals surface area contributed by atoms with Gasteiger partial charge in [-0.05, 0) is 24.6 Å². The molecule has 0 spiro atoms. The van der Waals surface area contributed by atoms with Gasteiger partial charge in [0.15, 0.2) is 0 Å². The lowest BCUT2D eigenvalue weighted by Gasteiger charge is -2.22. The van der Waals surface area contributed by atoms with Crippen LogP contribution in [0.3, 0.4) is 0 Å². The van der Waals surface area contributed by atoms with E-state index < -0.39 is 0 Å². The first-order valence-corrected chi connectivity index (χ1v) is 9.52. The Hall–Kier alpha value is -2.44. The Morgan fingerprint density at radius 3 is 2.89 bits per heavy atom. The maximum absolute atomic E-state index is 13.2. The highest BCUT2D eigenvalue weighted by molar-refractivity contribution is 6.35. The summed E-state index contributed by atoms with van der Waals surface area (Å²) in [6.07, 6.45) is 6.60. The number of carbonyl (C=O) groups is 1. The molecule has 0 radical (unpaired) electrons. The van der Waals surface area contributed by atoms with Gasteiger partial charge < -0.3 is 4.90 Å². The van der Waals surface area contributed by atoms with E-state index in [0.717, 1.165) is 38.0 Å². The number of fused-ring (bicyclic) bond motifs is 1. The standard InChI is InChI=1S/C20H22ClN5O/c1-24-13-15(12-23-24)14-25-8-3-9-26(11-10-25)20(27)17-5-6-18(21)19-16(17)4-2-7-22-19/h2,4-7,12-13H,3,8-11,14H2,1H3. The van der Waals surface area contributed by atoms with Gasteiger partial charge in [0.05, 0.1) is 16.7 Å². The molecule has 1 amide bonds. The van der Waals surface area contributed by atoms with Crippen LogP contribution >= 0.6 is 11.6 Å². The van der Waals surface area contributed by atoms with Gasteiger partial charge in [0.25, 0.3) is 5.91 Å². The van der Waals surface area contributed by atoms with Gasteiger partial charge in [-0.1, -0.05) is 17.7 Å². The molecular formula is C20H22ClN5O. The molecule has 1 aliphatic rings. The smallest absolute Gasteiger partial charge is 0.254 e. The minimum atomic E-state index is 0.0490. The summed E-state index contributed by atoms with van der Waals surface area (Å²) >= 11 is 6.24. The molecule has 0 aliphatic carbocycles. The zero-order chi connectivity index (χ0) is 18.8. The van der Waals surface area contributed by atoms with E-state index >= 15 is 0 Å².